The maximum Gasteiger partial charge on any atom is 0.244 e. The van der Waals surface area contributed by atoms with Gasteiger partial charge in [0.05, 0.1) is 11.9 Å². The summed E-state index contributed by atoms with van der Waals surface area (Å²) >= 11 is 0. The maximum absolute atomic E-state index is 11.9. The summed E-state index contributed by atoms with van der Waals surface area (Å²) in [4.78, 5) is 13.8. The van der Waals surface area contributed by atoms with Crippen LogP contribution in [-0.4, -0.2) is 33.7 Å². The summed E-state index contributed by atoms with van der Waals surface area (Å²) < 4.78 is 1.58. The zero-order valence-corrected chi connectivity index (χ0v) is 10.0. The van der Waals surface area contributed by atoms with Crippen LogP contribution < -0.4 is 5.73 Å². The Balaban J connectivity index is 2.54. The van der Waals surface area contributed by atoms with Crippen LogP contribution in [0.4, 0.5) is 5.69 Å². The van der Waals surface area contributed by atoms with Gasteiger partial charge in [-0.15, -0.1) is 0 Å². The van der Waals surface area contributed by atoms with Gasteiger partial charge in [-0.2, -0.15) is 5.10 Å². The smallest absolute Gasteiger partial charge is 0.244 e. The second-order valence-corrected chi connectivity index (χ2v) is 3.85. The zero-order chi connectivity index (χ0) is 12.0. The van der Waals surface area contributed by atoms with Crippen LogP contribution in [0.15, 0.2) is 12.4 Å². The van der Waals surface area contributed by atoms with E-state index < -0.39 is 0 Å². The largest absolute Gasteiger partial charge is 0.396 e. The Morgan fingerprint density at radius 1 is 1.44 bits per heavy atom. The predicted octanol–water partition coefficient (Wildman–Crippen LogP) is 1.11. The Hall–Kier alpha value is -1.52. The molecule has 0 saturated carbocycles. The second kappa shape index (κ2) is 6.15. The molecule has 0 atom stereocenters. The van der Waals surface area contributed by atoms with Crippen molar-refractivity contribution in [3.63, 3.8) is 0 Å². The summed E-state index contributed by atoms with van der Waals surface area (Å²) in [5.74, 6) is 0.104. The number of aromatic nitrogens is 2. The first-order valence-electron chi connectivity index (χ1n) is 5.73. The van der Waals surface area contributed by atoms with Gasteiger partial charge in [0.1, 0.15) is 6.54 Å². The number of nitrogens with zero attached hydrogens (tertiary/aromatic N) is 3. The fraction of sp³-hybridized carbons (Fsp3) is 0.636. The van der Waals surface area contributed by atoms with E-state index >= 15 is 0 Å². The third kappa shape index (κ3) is 3.56. The van der Waals surface area contributed by atoms with Crippen LogP contribution in [0.3, 0.4) is 0 Å². The van der Waals surface area contributed by atoms with E-state index in [-0.39, 0.29) is 12.5 Å². The highest BCUT2D eigenvalue weighted by atomic mass is 16.2. The minimum Gasteiger partial charge on any atom is -0.396 e. The number of hydrogen-bond acceptors (Lipinski definition) is 3. The summed E-state index contributed by atoms with van der Waals surface area (Å²) in [6, 6.07) is 0. The molecule has 1 aromatic rings. The van der Waals surface area contributed by atoms with Gasteiger partial charge in [0.2, 0.25) is 5.91 Å². The van der Waals surface area contributed by atoms with Gasteiger partial charge in [-0.25, -0.2) is 0 Å². The van der Waals surface area contributed by atoms with E-state index in [0.717, 1.165) is 25.9 Å². The standard InChI is InChI=1S/C11H20N4O/c1-3-5-14(6-4-2)11(16)9-15-8-10(12)7-13-15/h7-8H,3-6,9,12H2,1-2H3. The molecule has 16 heavy (non-hydrogen) atoms. The van der Waals surface area contributed by atoms with Crippen LogP contribution in [0, 0.1) is 0 Å². The van der Waals surface area contributed by atoms with Gasteiger partial charge >= 0.3 is 0 Å². The summed E-state index contributed by atoms with van der Waals surface area (Å²) in [5.41, 5.74) is 6.13. The van der Waals surface area contributed by atoms with E-state index in [4.69, 9.17) is 5.73 Å². The van der Waals surface area contributed by atoms with E-state index in [1.54, 1.807) is 17.1 Å². The molecular formula is C11H20N4O. The normalized spacial score (nSPS) is 10.4. The van der Waals surface area contributed by atoms with Crippen molar-refractivity contribution in [2.45, 2.75) is 33.2 Å². The molecule has 0 radical (unpaired) electrons. The lowest BCUT2D eigenvalue weighted by molar-refractivity contribution is -0.132. The van der Waals surface area contributed by atoms with Crippen LogP contribution in [0.2, 0.25) is 0 Å². The zero-order valence-electron chi connectivity index (χ0n) is 10.0. The van der Waals surface area contributed by atoms with E-state index in [2.05, 4.69) is 18.9 Å². The average Bonchev–Trinajstić information content (AvgIpc) is 2.63. The molecule has 0 saturated heterocycles. The SMILES string of the molecule is CCCN(CCC)C(=O)Cn1cc(N)cn1. The topological polar surface area (TPSA) is 64.2 Å². The number of nitrogen functional groups attached to an aromatic ring is 1. The quantitative estimate of drug-likeness (QED) is 0.787. The van der Waals surface area contributed by atoms with Gasteiger partial charge in [-0.05, 0) is 12.8 Å². The lowest BCUT2D eigenvalue weighted by atomic mass is 10.3. The van der Waals surface area contributed by atoms with Gasteiger partial charge in [-0.3, -0.25) is 9.48 Å². The Kier molecular flexibility index (Phi) is 4.82. The van der Waals surface area contributed by atoms with Crippen LogP contribution >= 0.6 is 0 Å². The Morgan fingerprint density at radius 3 is 2.50 bits per heavy atom. The number of nitrogens with two attached hydrogens (primary N) is 1. The highest BCUT2D eigenvalue weighted by Gasteiger charge is 2.12. The van der Waals surface area contributed by atoms with Crippen molar-refractivity contribution in [1.29, 1.82) is 0 Å². The van der Waals surface area contributed by atoms with Gasteiger partial charge < -0.3 is 10.6 Å². The predicted molar refractivity (Wildman–Crippen MR) is 63.8 cm³/mol. The van der Waals surface area contributed by atoms with Crippen molar-refractivity contribution >= 4 is 11.6 Å². The molecule has 0 spiro atoms. The van der Waals surface area contributed by atoms with Crippen molar-refractivity contribution in [2.24, 2.45) is 0 Å². The van der Waals surface area contributed by atoms with Crippen molar-refractivity contribution in [3.05, 3.63) is 12.4 Å². The first kappa shape index (κ1) is 12.5. The Morgan fingerprint density at radius 2 is 2.06 bits per heavy atom. The molecule has 0 bridgehead atoms. The average molecular weight is 224 g/mol. The molecule has 0 aliphatic rings. The van der Waals surface area contributed by atoms with Crippen LogP contribution in [0.25, 0.3) is 0 Å². The third-order valence-corrected chi connectivity index (χ3v) is 2.29. The van der Waals surface area contributed by atoms with Crippen LogP contribution in [0.5, 0.6) is 0 Å². The molecule has 5 heteroatoms. The van der Waals surface area contributed by atoms with E-state index in [0.29, 0.717) is 5.69 Å². The van der Waals surface area contributed by atoms with E-state index in [9.17, 15) is 4.79 Å². The Bertz CT molecular complexity index is 328. The number of carbonyl (C=O) groups is 1. The van der Waals surface area contributed by atoms with Crippen molar-refractivity contribution in [1.82, 2.24) is 14.7 Å². The maximum atomic E-state index is 11.9. The van der Waals surface area contributed by atoms with Crippen molar-refractivity contribution in [3.8, 4) is 0 Å². The number of carbonyl (C=O) groups excluding carboxylic acids is 1. The van der Waals surface area contributed by atoms with Crippen molar-refractivity contribution in [2.75, 3.05) is 18.8 Å². The van der Waals surface area contributed by atoms with Crippen molar-refractivity contribution < 1.29 is 4.79 Å². The molecule has 90 valence electrons. The summed E-state index contributed by atoms with van der Waals surface area (Å²) in [5, 5.41) is 4.00. The number of hydrogen-bond donors (Lipinski definition) is 1. The van der Waals surface area contributed by atoms with Gasteiger partial charge in [-0.1, -0.05) is 13.8 Å². The lowest BCUT2D eigenvalue weighted by Gasteiger charge is -2.21. The summed E-state index contributed by atoms with van der Waals surface area (Å²) in [6.45, 7) is 6.04. The molecule has 0 aromatic carbocycles. The van der Waals surface area contributed by atoms with Crippen LogP contribution in [0.1, 0.15) is 26.7 Å². The fourth-order valence-electron chi connectivity index (χ4n) is 1.61. The monoisotopic (exact) mass is 224 g/mol. The summed E-state index contributed by atoms with van der Waals surface area (Å²) in [6.07, 6.45) is 5.19. The number of anilines is 1. The summed E-state index contributed by atoms with van der Waals surface area (Å²) in [7, 11) is 0. The minimum atomic E-state index is 0.104. The first-order valence-corrected chi connectivity index (χ1v) is 5.73. The highest BCUT2D eigenvalue weighted by molar-refractivity contribution is 5.75. The molecule has 1 heterocycles. The molecule has 0 aliphatic carbocycles. The first-order chi connectivity index (χ1) is 7.67. The number of rotatable bonds is 6. The van der Waals surface area contributed by atoms with Gasteiger partial charge in [0.15, 0.2) is 0 Å². The molecule has 2 N–H and O–H groups in total. The number of amides is 1. The van der Waals surface area contributed by atoms with Gasteiger partial charge in [0.25, 0.3) is 0 Å². The second-order valence-electron chi connectivity index (χ2n) is 3.85. The molecular weight excluding hydrogens is 204 g/mol. The molecule has 0 fully saturated rings. The van der Waals surface area contributed by atoms with E-state index in [1.165, 1.54) is 0 Å². The van der Waals surface area contributed by atoms with E-state index in [1.807, 2.05) is 4.90 Å². The molecule has 1 aromatic heterocycles. The fourth-order valence-corrected chi connectivity index (χ4v) is 1.61. The van der Waals surface area contributed by atoms with Gasteiger partial charge in [0, 0.05) is 19.3 Å². The Labute approximate surface area is 96.2 Å². The molecule has 0 unspecified atom stereocenters. The lowest BCUT2D eigenvalue weighted by Crippen LogP contribution is -2.35. The molecule has 1 rings (SSSR count). The molecule has 5 nitrogen and oxygen atoms in total. The highest BCUT2D eigenvalue weighted by Crippen LogP contribution is 2.01. The molecule has 0 aliphatic heterocycles. The third-order valence-electron chi connectivity index (χ3n) is 2.29. The minimum absolute atomic E-state index is 0.104. The molecule has 1 amide bonds. The van der Waals surface area contributed by atoms with Crippen LogP contribution in [-0.2, 0) is 11.3 Å².